The molecular formula is C20H24N6O2. The smallest absolute Gasteiger partial charge is 0.233 e. The van der Waals surface area contributed by atoms with Gasteiger partial charge in [-0.2, -0.15) is 5.26 Å². The number of methoxy groups -OCH3 is 1. The largest absolute Gasteiger partial charge is 0.480 e. The third-order valence-corrected chi connectivity index (χ3v) is 5.54. The number of nitriles is 1. The van der Waals surface area contributed by atoms with E-state index in [-0.39, 0.29) is 5.60 Å². The fraction of sp³-hybridized carbons (Fsp3) is 0.500. The number of ether oxygens (including phenoxy) is 2. The first-order valence-corrected chi connectivity index (χ1v) is 9.44. The zero-order chi connectivity index (χ0) is 19.7. The Morgan fingerprint density at radius 3 is 2.75 bits per heavy atom. The van der Waals surface area contributed by atoms with Crippen LogP contribution in [0.2, 0.25) is 0 Å². The predicted octanol–water partition coefficient (Wildman–Crippen LogP) is 1.89. The van der Waals surface area contributed by atoms with E-state index >= 15 is 0 Å². The molecule has 0 amide bonds. The fourth-order valence-electron chi connectivity index (χ4n) is 4.06. The molecule has 146 valence electrons. The van der Waals surface area contributed by atoms with Crippen LogP contribution >= 0.6 is 0 Å². The normalized spacial score (nSPS) is 17.7. The van der Waals surface area contributed by atoms with Crippen molar-refractivity contribution >= 4 is 11.6 Å². The van der Waals surface area contributed by atoms with E-state index in [4.69, 9.17) is 14.5 Å². The van der Waals surface area contributed by atoms with Gasteiger partial charge >= 0.3 is 0 Å². The van der Waals surface area contributed by atoms with Gasteiger partial charge in [-0.1, -0.05) is 0 Å². The zero-order valence-electron chi connectivity index (χ0n) is 16.5. The van der Waals surface area contributed by atoms with E-state index in [1.54, 1.807) is 6.20 Å². The highest BCUT2D eigenvalue weighted by Crippen LogP contribution is 2.42. The van der Waals surface area contributed by atoms with Gasteiger partial charge in [0.1, 0.15) is 17.2 Å². The van der Waals surface area contributed by atoms with Gasteiger partial charge in [0.25, 0.3) is 0 Å². The van der Waals surface area contributed by atoms with Crippen LogP contribution in [-0.4, -0.2) is 55.9 Å². The Balaban J connectivity index is 1.62. The molecule has 1 fully saturated rings. The van der Waals surface area contributed by atoms with E-state index < -0.39 is 0 Å². The summed E-state index contributed by atoms with van der Waals surface area (Å²) in [4.78, 5) is 17.6. The first kappa shape index (κ1) is 18.4. The first-order valence-electron chi connectivity index (χ1n) is 9.44. The minimum atomic E-state index is -0.387. The van der Waals surface area contributed by atoms with Gasteiger partial charge in [-0.15, -0.1) is 0 Å². The van der Waals surface area contributed by atoms with Crippen molar-refractivity contribution in [3.8, 4) is 11.9 Å². The summed E-state index contributed by atoms with van der Waals surface area (Å²) in [6.45, 7) is 2.22. The molecule has 1 saturated heterocycles. The number of anilines is 2. The van der Waals surface area contributed by atoms with Gasteiger partial charge < -0.3 is 19.3 Å². The minimum absolute atomic E-state index is 0.364. The molecule has 8 nitrogen and oxygen atoms in total. The molecule has 0 saturated carbocycles. The van der Waals surface area contributed by atoms with E-state index in [1.165, 1.54) is 12.7 Å². The number of fused-ring (bicyclic) bond motifs is 2. The summed E-state index contributed by atoms with van der Waals surface area (Å²) in [6, 6.07) is 4.11. The molecule has 0 radical (unpaired) electrons. The highest BCUT2D eigenvalue weighted by Gasteiger charge is 2.43. The highest BCUT2D eigenvalue weighted by atomic mass is 16.5. The van der Waals surface area contributed by atoms with Gasteiger partial charge in [-0.25, -0.2) is 15.0 Å². The average molecular weight is 380 g/mol. The number of aromatic nitrogens is 3. The van der Waals surface area contributed by atoms with Crippen molar-refractivity contribution in [3.05, 3.63) is 35.3 Å². The number of hydrogen-bond donors (Lipinski definition) is 0. The summed E-state index contributed by atoms with van der Waals surface area (Å²) in [5.74, 6) is 1.07. The average Bonchev–Trinajstić information content (AvgIpc) is 2.73. The number of rotatable bonds is 3. The molecule has 2 aliphatic rings. The molecule has 0 aromatic carbocycles. The van der Waals surface area contributed by atoms with E-state index in [1.807, 2.05) is 31.3 Å². The van der Waals surface area contributed by atoms with Crippen LogP contribution in [0.4, 0.5) is 11.6 Å². The van der Waals surface area contributed by atoms with Gasteiger partial charge in [0, 0.05) is 39.6 Å². The van der Waals surface area contributed by atoms with Gasteiger partial charge in [0.15, 0.2) is 0 Å². The van der Waals surface area contributed by atoms with Gasteiger partial charge in [-0.3, -0.25) is 0 Å². The van der Waals surface area contributed by atoms with E-state index in [0.717, 1.165) is 43.7 Å². The summed E-state index contributed by atoms with van der Waals surface area (Å²) in [5, 5.41) is 9.57. The minimum Gasteiger partial charge on any atom is -0.480 e. The second-order valence-electron chi connectivity index (χ2n) is 7.34. The Hall–Kier alpha value is -2.92. The first-order chi connectivity index (χ1) is 13.6. The summed E-state index contributed by atoms with van der Waals surface area (Å²) in [6.07, 6.45) is 6.08. The summed E-state index contributed by atoms with van der Waals surface area (Å²) >= 11 is 0. The van der Waals surface area contributed by atoms with Crippen molar-refractivity contribution in [2.24, 2.45) is 0 Å². The molecule has 4 rings (SSSR count). The van der Waals surface area contributed by atoms with E-state index in [0.29, 0.717) is 24.0 Å². The number of piperidine rings is 1. The molecule has 2 aliphatic heterocycles. The molecule has 28 heavy (non-hydrogen) atoms. The molecule has 4 heterocycles. The van der Waals surface area contributed by atoms with Gasteiger partial charge in [0.2, 0.25) is 11.8 Å². The molecule has 0 aliphatic carbocycles. The summed E-state index contributed by atoms with van der Waals surface area (Å²) < 4.78 is 11.6. The Kier molecular flexibility index (Phi) is 4.77. The van der Waals surface area contributed by atoms with Crippen molar-refractivity contribution in [1.82, 2.24) is 15.0 Å². The number of hydrogen-bond acceptors (Lipinski definition) is 8. The van der Waals surface area contributed by atoms with Crippen molar-refractivity contribution in [1.29, 1.82) is 5.26 Å². The van der Waals surface area contributed by atoms with Crippen LogP contribution < -0.4 is 14.5 Å². The molecular weight excluding hydrogens is 356 g/mol. The lowest BCUT2D eigenvalue weighted by Gasteiger charge is -2.45. The van der Waals surface area contributed by atoms with Crippen LogP contribution in [-0.2, 0) is 16.8 Å². The Morgan fingerprint density at radius 2 is 2.07 bits per heavy atom. The maximum absolute atomic E-state index is 9.57. The van der Waals surface area contributed by atoms with E-state index in [9.17, 15) is 5.26 Å². The molecule has 0 unspecified atom stereocenters. The van der Waals surface area contributed by atoms with Crippen LogP contribution in [0.1, 0.15) is 29.7 Å². The van der Waals surface area contributed by atoms with Crippen molar-refractivity contribution in [3.63, 3.8) is 0 Å². The van der Waals surface area contributed by atoms with Gasteiger partial charge in [-0.05, 0) is 30.9 Å². The molecule has 2 aromatic rings. The second kappa shape index (κ2) is 7.24. The SMILES string of the molecule is COc1nccc(N2CCC3(CC2)OCCc2cnc(N(C)C)nc23)c1C#N. The highest BCUT2D eigenvalue weighted by molar-refractivity contribution is 5.63. The lowest BCUT2D eigenvalue weighted by molar-refractivity contribution is -0.0801. The molecule has 8 heteroatoms. The van der Waals surface area contributed by atoms with Crippen molar-refractivity contribution < 1.29 is 9.47 Å². The van der Waals surface area contributed by atoms with Crippen LogP contribution in [0.3, 0.4) is 0 Å². The standard InChI is InChI=1S/C20H24N6O2/c1-25(2)19-23-13-14-5-11-28-20(17(14)24-19)6-9-26(10-7-20)16-4-8-22-18(27-3)15(16)12-21/h4,8,13H,5-7,9-11H2,1-3H3. The lowest BCUT2D eigenvalue weighted by Crippen LogP contribution is -2.47. The maximum Gasteiger partial charge on any atom is 0.233 e. The molecule has 0 N–H and O–H groups in total. The predicted molar refractivity (Wildman–Crippen MR) is 105 cm³/mol. The van der Waals surface area contributed by atoms with Crippen LogP contribution in [0, 0.1) is 11.3 Å². The van der Waals surface area contributed by atoms with Crippen LogP contribution in [0.15, 0.2) is 18.5 Å². The molecule has 1 spiro atoms. The molecule has 0 atom stereocenters. The quantitative estimate of drug-likeness (QED) is 0.798. The Morgan fingerprint density at radius 1 is 1.29 bits per heavy atom. The topological polar surface area (TPSA) is 87.4 Å². The monoisotopic (exact) mass is 380 g/mol. The summed E-state index contributed by atoms with van der Waals surface area (Å²) in [7, 11) is 5.43. The molecule has 2 aromatic heterocycles. The van der Waals surface area contributed by atoms with Crippen LogP contribution in [0.5, 0.6) is 5.88 Å². The number of nitrogens with zero attached hydrogens (tertiary/aromatic N) is 6. The maximum atomic E-state index is 9.57. The third-order valence-electron chi connectivity index (χ3n) is 5.54. The van der Waals surface area contributed by atoms with Crippen LogP contribution in [0.25, 0.3) is 0 Å². The molecule has 0 bridgehead atoms. The second-order valence-corrected chi connectivity index (χ2v) is 7.34. The Bertz CT molecular complexity index is 915. The van der Waals surface area contributed by atoms with Crippen molar-refractivity contribution in [2.75, 3.05) is 50.7 Å². The van der Waals surface area contributed by atoms with E-state index in [2.05, 4.69) is 20.9 Å². The fourth-order valence-corrected chi connectivity index (χ4v) is 4.06. The van der Waals surface area contributed by atoms with Crippen molar-refractivity contribution in [2.45, 2.75) is 24.9 Å². The lowest BCUT2D eigenvalue weighted by atomic mass is 9.83. The third kappa shape index (κ3) is 3.02. The summed E-state index contributed by atoms with van der Waals surface area (Å²) in [5.41, 5.74) is 3.14. The van der Waals surface area contributed by atoms with Gasteiger partial charge in [0.05, 0.1) is 25.1 Å². The zero-order valence-corrected chi connectivity index (χ0v) is 16.5. The Labute approximate surface area is 164 Å². The number of pyridine rings is 1.